The van der Waals surface area contributed by atoms with Gasteiger partial charge in [-0.3, -0.25) is 4.79 Å². The van der Waals surface area contributed by atoms with Gasteiger partial charge in [0.15, 0.2) is 0 Å². The fourth-order valence-electron chi connectivity index (χ4n) is 2.18. The predicted molar refractivity (Wildman–Crippen MR) is 88.1 cm³/mol. The minimum atomic E-state index is -0.0578. The predicted octanol–water partition coefficient (Wildman–Crippen LogP) is 2.68. The zero-order chi connectivity index (χ0) is 16.8. The number of nitrogens with zero attached hydrogens (tertiary/aromatic N) is 4. The van der Waals surface area contributed by atoms with E-state index >= 15 is 0 Å². The molecule has 24 heavy (non-hydrogen) atoms. The minimum absolute atomic E-state index is 0.0578. The molecule has 0 unspecified atom stereocenters. The molecule has 7 nitrogen and oxygen atoms in total. The summed E-state index contributed by atoms with van der Waals surface area (Å²) in [6.07, 6.45) is 6.47. The van der Waals surface area contributed by atoms with Gasteiger partial charge in [0.05, 0.1) is 12.9 Å². The van der Waals surface area contributed by atoms with Gasteiger partial charge in [0.1, 0.15) is 0 Å². The van der Waals surface area contributed by atoms with Crippen molar-refractivity contribution < 1.29 is 9.32 Å². The number of hydrogen-bond donors (Lipinski definition) is 1. The number of hydrogen-bond acceptors (Lipinski definition) is 5. The number of amides is 1. The molecular formula is C16H16ClN5O2. The van der Waals surface area contributed by atoms with E-state index in [0.717, 1.165) is 18.5 Å². The summed E-state index contributed by atoms with van der Waals surface area (Å²) in [4.78, 5) is 20.0. The number of halogens is 1. The highest BCUT2D eigenvalue weighted by Crippen LogP contribution is 2.19. The van der Waals surface area contributed by atoms with Crippen LogP contribution in [-0.4, -0.2) is 25.6 Å². The van der Waals surface area contributed by atoms with Gasteiger partial charge in [0.2, 0.25) is 17.6 Å². The Bertz CT molecular complexity index is 800. The summed E-state index contributed by atoms with van der Waals surface area (Å²) in [5, 5.41) is 7.27. The van der Waals surface area contributed by atoms with Crippen molar-refractivity contribution in [2.75, 3.05) is 0 Å². The first-order valence-electron chi connectivity index (χ1n) is 7.52. The molecule has 0 radical (unpaired) electrons. The Morgan fingerprint density at radius 1 is 1.38 bits per heavy atom. The Morgan fingerprint density at radius 2 is 2.29 bits per heavy atom. The van der Waals surface area contributed by atoms with Crippen LogP contribution in [-0.2, 0) is 17.9 Å². The van der Waals surface area contributed by atoms with Gasteiger partial charge in [-0.1, -0.05) is 28.9 Å². The highest BCUT2D eigenvalue weighted by atomic mass is 35.5. The Hall–Kier alpha value is -2.67. The Kier molecular flexibility index (Phi) is 5.22. The molecule has 2 heterocycles. The van der Waals surface area contributed by atoms with E-state index in [0.29, 0.717) is 23.2 Å². The Morgan fingerprint density at radius 3 is 3.08 bits per heavy atom. The fourth-order valence-corrected chi connectivity index (χ4v) is 2.37. The summed E-state index contributed by atoms with van der Waals surface area (Å²) in [5.41, 5.74) is 0.768. The lowest BCUT2D eigenvalue weighted by Gasteiger charge is -2.03. The van der Waals surface area contributed by atoms with Crippen molar-refractivity contribution in [2.24, 2.45) is 0 Å². The summed E-state index contributed by atoms with van der Waals surface area (Å²) < 4.78 is 7.07. The van der Waals surface area contributed by atoms with Crippen molar-refractivity contribution >= 4 is 17.5 Å². The molecule has 0 saturated carbocycles. The molecule has 0 aliphatic carbocycles. The molecule has 0 saturated heterocycles. The van der Waals surface area contributed by atoms with E-state index in [2.05, 4.69) is 20.4 Å². The smallest absolute Gasteiger partial charge is 0.246 e. The Balaban J connectivity index is 1.45. The molecule has 1 amide bonds. The van der Waals surface area contributed by atoms with Crippen LogP contribution in [0.2, 0.25) is 5.02 Å². The minimum Gasteiger partial charge on any atom is -0.347 e. The van der Waals surface area contributed by atoms with Gasteiger partial charge in [-0.2, -0.15) is 4.98 Å². The molecule has 1 N–H and O–H groups in total. The largest absolute Gasteiger partial charge is 0.347 e. The summed E-state index contributed by atoms with van der Waals surface area (Å²) >= 11 is 5.94. The SMILES string of the molecule is O=C(CCCn1ccnc1)NCc1nc(-c2cccc(Cl)c2)no1. The number of rotatable bonds is 7. The van der Waals surface area contributed by atoms with Crippen molar-refractivity contribution in [1.29, 1.82) is 0 Å². The van der Waals surface area contributed by atoms with E-state index in [-0.39, 0.29) is 12.5 Å². The molecule has 0 spiro atoms. The molecule has 0 aliphatic heterocycles. The first kappa shape index (κ1) is 16.2. The number of carbonyl (C=O) groups excluding carboxylic acids is 1. The van der Waals surface area contributed by atoms with Crippen LogP contribution in [0, 0.1) is 0 Å². The van der Waals surface area contributed by atoms with Crippen LogP contribution in [0.5, 0.6) is 0 Å². The lowest BCUT2D eigenvalue weighted by Crippen LogP contribution is -2.22. The summed E-state index contributed by atoms with van der Waals surface area (Å²) in [5.74, 6) is 0.743. The van der Waals surface area contributed by atoms with Crippen LogP contribution in [0.3, 0.4) is 0 Å². The summed E-state index contributed by atoms with van der Waals surface area (Å²) in [6, 6.07) is 7.19. The first-order chi connectivity index (χ1) is 11.7. The maximum absolute atomic E-state index is 11.8. The Labute approximate surface area is 143 Å². The topological polar surface area (TPSA) is 85.8 Å². The molecule has 0 fully saturated rings. The van der Waals surface area contributed by atoms with Crippen LogP contribution in [0.1, 0.15) is 18.7 Å². The summed E-state index contributed by atoms with van der Waals surface area (Å²) in [7, 11) is 0. The van der Waals surface area contributed by atoms with Crippen LogP contribution in [0.4, 0.5) is 0 Å². The van der Waals surface area contributed by atoms with E-state index in [1.807, 2.05) is 22.9 Å². The third kappa shape index (κ3) is 4.42. The van der Waals surface area contributed by atoms with Crippen LogP contribution < -0.4 is 5.32 Å². The first-order valence-corrected chi connectivity index (χ1v) is 7.89. The maximum Gasteiger partial charge on any atom is 0.246 e. The molecule has 0 bridgehead atoms. The molecule has 0 atom stereocenters. The number of imidazole rings is 1. The average molecular weight is 346 g/mol. The van der Waals surface area contributed by atoms with Crippen LogP contribution in [0.25, 0.3) is 11.4 Å². The van der Waals surface area contributed by atoms with Crippen molar-refractivity contribution in [2.45, 2.75) is 25.9 Å². The zero-order valence-corrected chi connectivity index (χ0v) is 13.6. The monoisotopic (exact) mass is 345 g/mol. The normalized spacial score (nSPS) is 10.7. The molecule has 0 aliphatic rings. The van der Waals surface area contributed by atoms with Crippen molar-refractivity contribution in [3.63, 3.8) is 0 Å². The molecule has 2 aromatic heterocycles. The lowest BCUT2D eigenvalue weighted by atomic mass is 10.2. The van der Waals surface area contributed by atoms with E-state index in [4.69, 9.17) is 16.1 Å². The van der Waals surface area contributed by atoms with Crippen molar-refractivity contribution in [1.82, 2.24) is 25.0 Å². The standard InChI is InChI=1S/C16H16ClN5O2/c17-13-4-1-3-12(9-13)16-20-15(24-21-16)10-19-14(23)5-2-7-22-8-6-18-11-22/h1,3-4,6,8-9,11H,2,5,7,10H2,(H,19,23). The quantitative estimate of drug-likeness (QED) is 0.711. The fraction of sp³-hybridized carbons (Fsp3) is 0.250. The molecular weight excluding hydrogens is 330 g/mol. The van der Waals surface area contributed by atoms with E-state index in [9.17, 15) is 4.79 Å². The van der Waals surface area contributed by atoms with E-state index < -0.39 is 0 Å². The van der Waals surface area contributed by atoms with Gasteiger partial charge in [-0.25, -0.2) is 4.98 Å². The second kappa shape index (κ2) is 7.74. The molecule has 3 aromatic rings. The summed E-state index contributed by atoms with van der Waals surface area (Å²) in [6.45, 7) is 0.963. The van der Waals surface area contributed by atoms with Crippen molar-refractivity contribution in [3.8, 4) is 11.4 Å². The highest BCUT2D eigenvalue weighted by Gasteiger charge is 2.10. The number of aryl methyl sites for hydroxylation is 1. The molecule has 1 aromatic carbocycles. The molecule has 124 valence electrons. The number of carbonyl (C=O) groups is 1. The van der Waals surface area contributed by atoms with Crippen LogP contribution >= 0.6 is 11.6 Å². The van der Waals surface area contributed by atoms with Crippen molar-refractivity contribution in [3.05, 3.63) is 53.9 Å². The van der Waals surface area contributed by atoms with Gasteiger partial charge < -0.3 is 14.4 Å². The van der Waals surface area contributed by atoms with Gasteiger partial charge in [-0.05, 0) is 18.6 Å². The van der Waals surface area contributed by atoms with Gasteiger partial charge >= 0.3 is 0 Å². The number of benzene rings is 1. The second-order valence-electron chi connectivity index (χ2n) is 5.20. The molecule has 3 rings (SSSR count). The number of aromatic nitrogens is 4. The molecule has 8 heteroatoms. The second-order valence-corrected chi connectivity index (χ2v) is 5.64. The van der Waals surface area contributed by atoms with Gasteiger partial charge in [0, 0.05) is 35.9 Å². The van der Waals surface area contributed by atoms with E-state index in [1.54, 1.807) is 24.7 Å². The zero-order valence-electron chi connectivity index (χ0n) is 12.9. The lowest BCUT2D eigenvalue weighted by molar-refractivity contribution is -0.121. The van der Waals surface area contributed by atoms with Crippen LogP contribution in [0.15, 0.2) is 47.5 Å². The average Bonchev–Trinajstić information content (AvgIpc) is 3.25. The third-order valence-electron chi connectivity index (χ3n) is 3.37. The third-order valence-corrected chi connectivity index (χ3v) is 3.60. The highest BCUT2D eigenvalue weighted by molar-refractivity contribution is 6.30. The number of nitrogens with one attached hydrogen (secondary N) is 1. The van der Waals surface area contributed by atoms with Gasteiger partial charge in [-0.15, -0.1) is 0 Å². The maximum atomic E-state index is 11.8. The van der Waals surface area contributed by atoms with E-state index in [1.165, 1.54) is 0 Å². The van der Waals surface area contributed by atoms with Gasteiger partial charge in [0.25, 0.3) is 0 Å².